The maximum Gasteiger partial charge on any atom is 0.263 e. The molecule has 2 aliphatic rings. The number of aromatic nitrogens is 6. The van der Waals surface area contributed by atoms with Gasteiger partial charge in [0.05, 0.1) is 11.1 Å². The van der Waals surface area contributed by atoms with Crippen LogP contribution >= 0.6 is 11.6 Å². The number of fused-ring (bicyclic) bond motifs is 2. The van der Waals surface area contributed by atoms with Crippen LogP contribution in [-0.4, -0.2) is 29.7 Å². The minimum Gasteiger partial charge on any atom is -0.338 e. The monoisotopic (exact) mass is 420 g/mol. The first-order valence-corrected chi connectivity index (χ1v) is 9.93. The van der Waals surface area contributed by atoms with Crippen LogP contribution in [0.25, 0.3) is 16.6 Å². The first-order valence-electron chi connectivity index (χ1n) is 9.56. The first kappa shape index (κ1) is 18.6. The Morgan fingerprint density at radius 2 is 2.10 bits per heavy atom. The highest BCUT2D eigenvalue weighted by Crippen LogP contribution is 2.52. The summed E-state index contributed by atoms with van der Waals surface area (Å²) in [6, 6.07) is 7.16. The molecule has 2 atom stereocenters. The molecule has 0 aromatic carbocycles. The van der Waals surface area contributed by atoms with Crippen LogP contribution in [0.4, 0.5) is 0 Å². The van der Waals surface area contributed by atoms with Crippen LogP contribution in [-0.2, 0) is 6.54 Å². The minimum absolute atomic E-state index is 0.179. The average molecular weight is 421 g/mol. The highest BCUT2D eigenvalue weighted by atomic mass is 35.5. The van der Waals surface area contributed by atoms with Crippen LogP contribution in [0.3, 0.4) is 0 Å². The SMILES string of the molecule is Clc1ccnc(C2=CC3CC3C2)c1.O=c1c2cccnc2ncn1Cc1ncno1. The van der Waals surface area contributed by atoms with E-state index in [1.54, 1.807) is 24.5 Å². The van der Waals surface area contributed by atoms with Crippen molar-refractivity contribution in [3.8, 4) is 0 Å². The van der Waals surface area contributed by atoms with Crippen molar-refractivity contribution in [3.63, 3.8) is 0 Å². The van der Waals surface area contributed by atoms with Gasteiger partial charge in [0.1, 0.15) is 12.9 Å². The number of rotatable bonds is 3. The molecule has 6 rings (SSSR count). The summed E-state index contributed by atoms with van der Waals surface area (Å²) < 4.78 is 6.24. The maximum atomic E-state index is 12.0. The van der Waals surface area contributed by atoms with E-state index in [1.165, 1.54) is 35.6 Å². The van der Waals surface area contributed by atoms with Crippen molar-refractivity contribution >= 4 is 28.2 Å². The smallest absolute Gasteiger partial charge is 0.263 e. The average Bonchev–Trinajstić information content (AvgIpc) is 3.14. The lowest BCUT2D eigenvalue weighted by Gasteiger charge is -2.02. The molecule has 0 aliphatic heterocycles. The Kier molecular flexibility index (Phi) is 4.84. The standard InChI is InChI=1S/C11H10ClN.C10H7N5O2/c12-10-1-2-13-11(6-10)9-4-7-3-8(7)5-9;16-10-7-2-1-3-11-9(7)13-6-15(10)4-8-12-5-14-17-8/h1-2,4,6-8H,3,5H2;1-3,5-6H,4H2. The molecule has 2 aliphatic carbocycles. The predicted molar refractivity (Wildman–Crippen MR) is 111 cm³/mol. The Morgan fingerprint density at radius 3 is 2.87 bits per heavy atom. The molecule has 4 heterocycles. The number of hydrogen-bond acceptors (Lipinski definition) is 7. The molecular formula is C21H17ClN6O2. The van der Waals surface area contributed by atoms with Crippen LogP contribution < -0.4 is 5.56 Å². The molecule has 150 valence electrons. The van der Waals surface area contributed by atoms with Gasteiger partial charge in [-0.2, -0.15) is 4.98 Å². The van der Waals surface area contributed by atoms with Crippen LogP contribution in [0.5, 0.6) is 0 Å². The fourth-order valence-corrected chi connectivity index (χ4v) is 3.77. The zero-order valence-electron chi connectivity index (χ0n) is 15.8. The number of halogens is 1. The van der Waals surface area contributed by atoms with Crippen molar-refractivity contribution in [3.05, 3.63) is 82.4 Å². The van der Waals surface area contributed by atoms with Crippen molar-refractivity contribution in [1.82, 2.24) is 29.7 Å². The van der Waals surface area contributed by atoms with Crippen LogP contribution in [0, 0.1) is 11.8 Å². The van der Waals surface area contributed by atoms with Gasteiger partial charge in [0.15, 0.2) is 12.0 Å². The Labute approximate surface area is 176 Å². The number of pyridine rings is 2. The Bertz CT molecular complexity index is 1280. The lowest BCUT2D eigenvalue weighted by Crippen LogP contribution is -2.21. The van der Waals surface area contributed by atoms with E-state index in [0.717, 1.165) is 22.6 Å². The van der Waals surface area contributed by atoms with Crippen molar-refractivity contribution in [2.24, 2.45) is 11.8 Å². The summed E-state index contributed by atoms with van der Waals surface area (Å²) in [7, 11) is 0. The predicted octanol–water partition coefficient (Wildman–Crippen LogP) is 3.38. The summed E-state index contributed by atoms with van der Waals surface area (Å²) in [5.41, 5.74) is 2.71. The zero-order chi connectivity index (χ0) is 20.5. The molecule has 4 aromatic heterocycles. The van der Waals surface area contributed by atoms with Crippen molar-refractivity contribution < 1.29 is 4.52 Å². The lowest BCUT2D eigenvalue weighted by molar-refractivity contribution is 0.368. The van der Waals surface area contributed by atoms with Gasteiger partial charge in [0, 0.05) is 17.4 Å². The molecule has 30 heavy (non-hydrogen) atoms. The maximum absolute atomic E-state index is 12.0. The van der Waals surface area contributed by atoms with Gasteiger partial charge in [-0.1, -0.05) is 22.8 Å². The summed E-state index contributed by atoms with van der Waals surface area (Å²) in [6.45, 7) is 0.205. The molecule has 0 N–H and O–H groups in total. The van der Waals surface area contributed by atoms with Crippen LogP contribution in [0.15, 0.2) is 64.7 Å². The van der Waals surface area contributed by atoms with Gasteiger partial charge < -0.3 is 4.52 Å². The molecule has 1 fully saturated rings. The van der Waals surface area contributed by atoms with Crippen LogP contribution in [0.2, 0.25) is 5.02 Å². The fourth-order valence-electron chi connectivity index (χ4n) is 3.61. The molecule has 0 radical (unpaired) electrons. The van der Waals surface area contributed by atoms with E-state index in [0.29, 0.717) is 16.9 Å². The van der Waals surface area contributed by atoms with E-state index in [1.807, 2.05) is 12.1 Å². The van der Waals surface area contributed by atoms with Gasteiger partial charge >= 0.3 is 0 Å². The van der Waals surface area contributed by atoms with Gasteiger partial charge in [-0.25, -0.2) is 9.97 Å². The third-order valence-corrected chi connectivity index (χ3v) is 5.47. The Hall–Kier alpha value is -3.39. The molecule has 0 spiro atoms. The van der Waals surface area contributed by atoms with Crippen molar-refractivity contribution in [2.75, 3.05) is 0 Å². The molecule has 0 bridgehead atoms. The molecule has 9 heteroatoms. The van der Waals surface area contributed by atoms with Crippen LogP contribution in [0.1, 0.15) is 24.4 Å². The molecule has 4 aromatic rings. The molecule has 8 nitrogen and oxygen atoms in total. The number of allylic oxidation sites excluding steroid dienone is 2. The van der Waals surface area contributed by atoms with Gasteiger partial charge in [-0.3, -0.25) is 14.3 Å². The Morgan fingerprint density at radius 1 is 1.17 bits per heavy atom. The normalized spacial score (nSPS) is 19.0. The highest BCUT2D eigenvalue weighted by molar-refractivity contribution is 6.30. The van der Waals surface area contributed by atoms with E-state index in [4.69, 9.17) is 16.1 Å². The van der Waals surface area contributed by atoms with Crippen molar-refractivity contribution in [1.29, 1.82) is 0 Å². The molecule has 0 saturated heterocycles. The van der Waals surface area contributed by atoms with E-state index >= 15 is 0 Å². The quantitative estimate of drug-likeness (QED) is 0.500. The second kappa shape index (κ2) is 7.79. The summed E-state index contributed by atoms with van der Waals surface area (Å²) in [6.07, 6.45) is 11.0. The second-order valence-corrected chi connectivity index (χ2v) is 7.74. The van der Waals surface area contributed by atoms with Crippen molar-refractivity contribution in [2.45, 2.75) is 19.4 Å². The highest BCUT2D eigenvalue weighted by Gasteiger charge is 2.41. The molecule has 1 saturated carbocycles. The van der Waals surface area contributed by atoms with Gasteiger partial charge in [0.2, 0.25) is 5.89 Å². The Balaban J connectivity index is 0.000000133. The topological polar surface area (TPSA) is 99.6 Å². The van der Waals surface area contributed by atoms with Gasteiger partial charge in [-0.15, -0.1) is 0 Å². The first-order chi connectivity index (χ1) is 14.7. The van der Waals surface area contributed by atoms with E-state index in [-0.39, 0.29) is 12.1 Å². The molecular weight excluding hydrogens is 404 g/mol. The number of nitrogens with zero attached hydrogens (tertiary/aromatic N) is 6. The minimum atomic E-state index is -0.179. The zero-order valence-corrected chi connectivity index (χ0v) is 16.6. The summed E-state index contributed by atoms with van der Waals surface area (Å²) in [5.74, 6) is 2.14. The summed E-state index contributed by atoms with van der Waals surface area (Å²) in [5, 5.41) is 4.73. The fraction of sp³-hybridized carbons (Fsp3) is 0.238. The lowest BCUT2D eigenvalue weighted by atomic mass is 10.1. The third kappa shape index (κ3) is 3.86. The summed E-state index contributed by atoms with van der Waals surface area (Å²) >= 11 is 5.90. The second-order valence-electron chi connectivity index (χ2n) is 7.30. The third-order valence-electron chi connectivity index (χ3n) is 5.24. The largest absolute Gasteiger partial charge is 0.338 e. The molecule has 0 amide bonds. The number of hydrogen-bond donors (Lipinski definition) is 0. The van der Waals surface area contributed by atoms with E-state index in [2.05, 4.69) is 31.2 Å². The van der Waals surface area contributed by atoms with Gasteiger partial charge in [0.25, 0.3) is 5.56 Å². The summed E-state index contributed by atoms with van der Waals surface area (Å²) in [4.78, 5) is 28.3. The van der Waals surface area contributed by atoms with Gasteiger partial charge in [-0.05, 0) is 54.5 Å². The van der Waals surface area contributed by atoms with E-state index < -0.39 is 0 Å². The van der Waals surface area contributed by atoms with E-state index in [9.17, 15) is 4.79 Å². The molecule has 2 unspecified atom stereocenters.